The largest absolute Gasteiger partial charge is 0.462 e. The summed E-state index contributed by atoms with van der Waals surface area (Å²) in [7, 11) is 0. The van der Waals surface area contributed by atoms with Gasteiger partial charge in [0.15, 0.2) is 6.10 Å². The SMILES string of the molecule is CC/C=C\C/C=C\C/C=C\C/C=C\C/C=C\CC(=O)OC(CO)COC(=O)CCCCCCCCCCC/C=C\C/C=C\CCCCC. The molecule has 48 heavy (non-hydrogen) atoms. The van der Waals surface area contributed by atoms with Gasteiger partial charge in [-0.1, -0.05) is 157 Å². The van der Waals surface area contributed by atoms with E-state index >= 15 is 0 Å². The van der Waals surface area contributed by atoms with Gasteiger partial charge in [-0.3, -0.25) is 9.59 Å². The summed E-state index contributed by atoms with van der Waals surface area (Å²) in [5.41, 5.74) is 0. The summed E-state index contributed by atoms with van der Waals surface area (Å²) in [4.78, 5) is 24.2. The van der Waals surface area contributed by atoms with Crippen molar-refractivity contribution in [1.82, 2.24) is 0 Å². The second-order valence-corrected chi connectivity index (χ2v) is 12.3. The third-order valence-electron chi connectivity index (χ3n) is 7.71. The molecule has 0 bridgehead atoms. The summed E-state index contributed by atoms with van der Waals surface area (Å²) in [5, 5.41) is 9.52. The van der Waals surface area contributed by atoms with E-state index in [1.54, 1.807) is 6.08 Å². The molecule has 0 aliphatic rings. The van der Waals surface area contributed by atoms with E-state index in [4.69, 9.17) is 9.47 Å². The molecule has 0 radical (unpaired) electrons. The van der Waals surface area contributed by atoms with Crippen molar-refractivity contribution < 1.29 is 24.2 Å². The van der Waals surface area contributed by atoms with Crippen LogP contribution in [0.1, 0.15) is 155 Å². The standard InChI is InChI=1S/C43H70O5/c1-3-5-7-9-11-13-15-17-19-20-21-22-24-25-27-29-31-33-35-37-42(45)47-40-41(39-44)48-43(46)38-36-34-32-30-28-26-23-18-16-14-12-10-8-6-4-2/h6,8,11-14,17-19,23,28,30,34,36,41,44H,3-5,7,9-10,15-16,20-22,24-27,29,31-33,35,37-40H2,1-2H3/b8-6-,13-11-,14-12-,19-17-,23-18-,30-28-,36-34-. The minimum atomic E-state index is -0.831. The van der Waals surface area contributed by atoms with E-state index in [1.165, 1.54) is 70.6 Å². The van der Waals surface area contributed by atoms with E-state index in [1.807, 2.05) is 6.08 Å². The molecule has 5 heteroatoms. The molecule has 0 heterocycles. The molecule has 1 N–H and O–H groups in total. The Morgan fingerprint density at radius 3 is 1.46 bits per heavy atom. The highest BCUT2D eigenvalue weighted by Crippen LogP contribution is 2.12. The monoisotopic (exact) mass is 667 g/mol. The van der Waals surface area contributed by atoms with Gasteiger partial charge >= 0.3 is 11.9 Å². The van der Waals surface area contributed by atoms with Crippen LogP contribution in [-0.2, 0) is 19.1 Å². The molecule has 0 rings (SSSR count). The zero-order valence-corrected chi connectivity index (χ0v) is 30.7. The van der Waals surface area contributed by atoms with Crippen molar-refractivity contribution in [3.05, 3.63) is 85.1 Å². The lowest BCUT2D eigenvalue weighted by Gasteiger charge is -2.15. The second kappa shape index (κ2) is 38.5. The molecule has 0 saturated carbocycles. The van der Waals surface area contributed by atoms with E-state index < -0.39 is 12.1 Å². The molecule has 0 aromatic rings. The maximum Gasteiger partial charge on any atom is 0.310 e. The van der Waals surface area contributed by atoms with Crippen LogP contribution in [0.2, 0.25) is 0 Å². The quantitative estimate of drug-likeness (QED) is 0.0429. The summed E-state index contributed by atoms with van der Waals surface area (Å²) in [6.45, 7) is 3.89. The van der Waals surface area contributed by atoms with Gasteiger partial charge in [0.2, 0.25) is 0 Å². The van der Waals surface area contributed by atoms with Crippen molar-refractivity contribution in [3.63, 3.8) is 0 Å². The molecule has 0 aliphatic heterocycles. The fourth-order valence-corrected chi connectivity index (χ4v) is 4.83. The number of hydrogen-bond acceptors (Lipinski definition) is 5. The van der Waals surface area contributed by atoms with Crippen molar-refractivity contribution in [2.45, 2.75) is 161 Å². The van der Waals surface area contributed by atoms with Gasteiger partial charge in [-0.15, -0.1) is 0 Å². The average molecular weight is 667 g/mol. The second-order valence-electron chi connectivity index (χ2n) is 12.3. The number of aliphatic hydroxyl groups excluding tert-OH is 1. The summed E-state index contributed by atoms with van der Waals surface area (Å²) < 4.78 is 10.5. The number of esters is 2. The third-order valence-corrected chi connectivity index (χ3v) is 7.71. The predicted molar refractivity (Wildman–Crippen MR) is 205 cm³/mol. The van der Waals surface area contributed by atoms with Crippen LogP contribution in [0.25, 0.3) is 0 Å². The van der Waals surface area contributed by atoms with Crippen LogP contribution in [-0.4, -0.2) is 36.4 Å². The van der Waals surface area contributed by atoms with Crippen LogP contribution in [0.3, 0.4) is 0 Å². The smallest absolute Gasteiger partial charge is 0.310 e. The van der Waals surface area contributed by atoms with Gasteiger partial charge in [0.25, 0.3) is 0 Å². The van der Waals surface area contributed by atoms with Crippen LogP contribution in [0.4, 0.5) is 0 Å². The molecule has 1 atom stereocenters. The van der Waals surface area contributed by atoms with E-state index in [0.29, 0.717) is 6.42 Å². The molecule has 0 saturated heterocycles. The van der Waals surface area contributed by atoms with Crippen LogP contribution >= 0.6 is 0 Å². The number of ether oxygens (including phenoxy) is 2. The molecular weight excluding hydrogens is 596 g/mol. The highest BCUT2D eigenvalue weighted by Gasteiger charge is 2.15. The number of hydrogen-bond donors (Lipinski definition) is 1. The predicted octanol–water partition coefficient (Wildman–Crippen LogP) is 11.9. The summed E-state index contributed by atoms with van der Waals surface area (Å²) in [6.07, 6.45) is 52.3. The van der Waals surface area contributed by atoms with Crippen molar-refractivity contribution >= 4 is 11.9 Å². The normalized spacial score (nSPS) is 13.1. The van der Waals surface area contributed by atoms with Crippen molar-refractivity contribution in [2.75, 3.05) is 13.2 Å². The highest BCUT2D eigenvalue weighted by molar-refractivity contribution is 5.71. The van der Waals surface area contributed by atoms with Crippen LogP contribution in [0.15, 0.2) is 85.1 Å². The first kappa shape index (κ1) is 45.1. The number of carbonyl (C=O) groups excluding carboxylic acids is 2. The van der Waals surface area contributed by atoms with Gasteiger partial charge in [0.1, 0.15) is 6.61 Å². The number of allylic oxidation sites excluding steroid dienone is 13. The topological polar surface area (TPSA) is 72.8 Å². The number of rotatable bonds is 33. The maximum absolute atomic E-state index is 12.1. The van der Waals surface area contributed by atoms with Gasteiger partial charge in [0.05, 0.1) is 13.0 Å². The van der Waals surface area contributed by atoms with Crippen LogP contribution in [0, 0.1) is 0 Å². The number of unbranched alkanes of at least 4 members (excludes halogenated alkanes) is 12. The molecule has 0 aromatic carbocycles. The van der Waals surface area contributed by atoms with Gasteiger partial charge in [-0.25, -0.2) is 0 Å². The lowest BCUT2D eigenvalue weighted by atomic mass is 10.1. The Morgan fingerprint density at radius 2 is 0.958 bits per heavy atom. The minimum absolute atomic E-state index is 0.112. The summed E-state index contributed by atoms with van der Waals surface area (Å²) >= 11 is 0. The molecule has 0 aliphatic carbocycles. The Kier molecular flexibility index (Phi) is 36.2. The third kappa shape index (κ3) is 35.9. The Labute approximate surface area is 295 Å². The van der Waals surface area contributed by atoms with Gasteiger partial charge < -0.3 is 14.6 Å². The first-order chi connectivity index (χ1) is 23.6. The zero-order chi connectivity index (χ0) is 35.0. The Bertz CT molecular complexity index is 937. The average Bonchev–Trinajstić information content (AvgIpc) is 3.09. The first-order valence-corrected chi connectivity index (χ1v) is 19.1. The molecule has 0 amide bonds. The van der Waals surface area contributed by atoms with Crippen LogP contribution in [0.5, 0.6) is 0 Å². The molecule has 0 aromatic heterocycles. The summed E-state index contributed by atoms with van der Waals surface area (Å²) in [6, 6.07) is 0. The van der Waals surface area contributed by atoms with Gasteiger partial charge in [0, 0.05) is 6.42 Å². The zero-order valence-electron chi connectivity index (χ0n) is 30.7. The lowest BCUT2D eigenvalue weighted by Crippen LogP contribution is -2.28. The molecule has 1 unspecified atom stereocenters. The van der Waals surface area contributed by atoms with Gasteiger partial charge in [-0.05, 0) is 70.6 Å². The Hall–Kier alpha value is -2.92. The van der Waals surface area contributed by atoms with Crippen LogP contribution < -0.4 is 0 Å². The van der Waals surface area contributed by atoms with Crippen molar-refractivity contribution in [3.8, 4) is 0 Å². The molecule has 272 valence electrons. The van der Waals surface area contributed by atoms with Gasteiger partial charge in [-0.2, -0.15) is 0 Å². The molecule has 0 fully saturated rings. The molecule has 0 spiro atoms. The van der Waals surface area contributed by atoms with Crippen molar-refractivity contribution in [2.24, 2.45) is 0 Å². The van der Waals surface area contributed by atoms with E-state index in [2.05, 4.69) is 86.8 Å². The van der Waals surface area contributed by atoms with Crippen molar-refractivity contribution in [1.29, 1.82) is 0 Å². The highest BCUT2D eigenvalue weighted by atomic mass is 16.6. The van der Waals surface area contributed by atoms with E-state index in [9.17, 15) is 14.7 Å². The Balaban J connectivity index is 3.70. The molecule has 5 nitrogen and oxygen atoms in total. The maximum atomic E-state index is 12.1. The first-order valence-electron chi connectivity index (χ1n) is 19.1. The number of aliphatic hydroxyl groups is 1. The Morgan fingerprint density at radius 1 is 0.521 bits per heavy atom. The molecular formula is C43H70O5. The lowest BCUT2D eigenvalue weighted by molar-refractivity contribution is -0.160. The van der Waals surface area contributed by atoms with E-state index in [0.717, 1.165) is 57.8 Å². The fraction of sp³-hybridized carbons (Fsp3) is 0.628. The number of carbonyl (C=O) groups is 2. The fourth-order valence-electron chi connectivity index (χ4n) is 4.83. The summed E-state index contributed by atoms with van der Waals surface area (Å²) in [5.74, 6) is -0.751. The van der Waals surface area contributed by atoms with E-state index in [-0.39, 0.29) is 25.6 Å². The minimum Gasteiger partial charge on any atom is -0.462 e.